The van der Waals surface area contributed by atoms with Gasteiger partial charge in [-0.1, -0.05) is 6.07 Å². The summed E-state index contributed by atoms with van der Waals surface area (Å²) < 4.78 is 39.9. The van der Waals surface area contributed by atoms with Crippen molar-refractivity contribution in [2.24, 2.45) is 0 Å². The minimum absolute atomic E-state index is 0.287. The lowest BCUT2D eigenvalue weighted by Gasteiger charge is -2.02. The molecule has 0 aliphatic rings. The van der Waals surface area contributed by atoms with Crippen LogP contribution in [0.25, 0.3) is 10.8 Å². The smallest absolute Gasteiger partial charge is 0.169 e. The highest BCUT2D eigenvalue weighted by Gasteiger charge is 2.11. The second kappa shape index (κ2) is 3.42. The van der Waals surface area contributed by atoms with Crippen molar-refractivity contribution in [2.75, 3.05) is 0 Å². The van der Waals surface area contributed by atoms with Crippen molar-refractivity contribution in [3.8, 4) is 0 Å². The Morgan fingerprint density at radius 3 is 2.36 bits per heavy atom. The number of rotatable bonds is 0. The molecular weight excluding hydrogens is 304 g/mol. The summed E-state index contributed by atoms with van der Waals surface area (Å²) in [6.07, 6.45) is 0. The van der Waals surface area contributed by atoms with Gasteiger partial charge in [-0.3, -0.25) is 0 Å². The Bertz CT molecular complexity index is 508. The minimum atomic E-state index is -1.13. The molecular formula is C10H4F3I. The van der Waals surface area contributed by atoms with Crippen molar-refractivity contribution >= 4 is 33.4 Å². The molecule has 14 heavy (non-hydrogen) atoms. The fourth-order valence-corrected chi connectivity index (χ4v) is 1.92. The van der Waals surface area contributed by atoms with E-state index in [1.54, 1.807) is 6.07 Å². The highest BCUT2D eigenvalue weighted by atomic mass is 127. The van der Waals surface area contributed by atoms with E-state index in [1.165, 1.54) is 12.1 Å². The number of fused-ring (bicyclic) bond motifs is 1. The minimum Gasteiger partial charge on any atom is -0.206 e. The molecule has 0 nitrogen and oxygen atoms in total. The zero-order valence-electron chi connectivity index (χ0n) is 6.82. The van der Waals surface area contributed by atoms with Gasteiger partial charge in [0.2, 0.25) is 0 Å². The maximum Gasteiger partial charge on any atom is 0.169 e. The van der Waals surface area contributed by atoms with Crippen LogP contribution in [0.4, 0.5) is 13.2 Å². The molecule has 2 aromatic rings. The molecule has 0 N–H and O–H groups in total. The second-order valence-electron chi connectivity index (χ2n) is 2.85. The highest BCUT2D eigenvalue weighted by Crippen LogP contribution is 2.25. The van der Waals surface area contributed by atoms with E-state index in [1.807, 2.05) is 22.6 Å². The molecule has 0 aliphatic heterocycles. The van der Waals surface area contributed by atoms with Gasteiger partial charge in [0.05, 0.1) is 5.39 Å². The molecule has 0 saturated heterocycles. The summed E-state index contributed by atoms with van der Waals surface area (Å²) in [5, 5.41) is 0.0821. The molecule has 4 heteroatoms. The Hall–Kier alpha value is -0.780. The van der Waals surface area contributed by atoms with E-state index in [0.29, 0.717) is 8.96 Å². The lowest BCUT2D eigenvalue weighted by atomic mass is 10.1. The zero-order valence-corrected chi connectivity index (χ0v) is 8.98. The standard InChI is InChI=1S/C10H4F3I/c11-7-2-1-5-3-6(14)4-8(12)9(5)10(7)13/h1-4H. The highest BCUT2D eigenvalue weighted by molar-refractivity contribution is 14.1. The van der Waals surface area contributed by atoms with Gasteiger partial charge in [-0.2, -0.15) is 0 Å². The molecule has 0 aliphatic carbocycles. The van der Waals surface area contributed by atoms with Crippen molar-refractivity contribution in [1.82, 2.24) is 0 Å². The zero-order chi connectivity index (χ0) is 10.3. The third kappa shape index (κ3) is 1.47. The Balaban J connectivity index is 2.95. The maximum atomic E-state index is 13.3. The lowest BCUT2D eigenvalue weighted by Crippen LogP contribution is -1.90. The van der Waals surface area contributed by atoms with Gasteiger partial charge in [-0.15, -0.1) is 0 Å². The number of halogens is 4. The van der Waals surface area contributed by atoms with Gasteiger partial charge in [-0.25, -0.2) is 13.2 Å². The average Bonchev–Trinajstić information content (AvgIpc) is 2.10. The van der Waals surface area contributed by atoms with Crippen molar-refractivity contribution in [3.63, 3.8) is 0 Å². The van der Waals surface area contributed by atoms with Crippen LogP contribution >= 0.6 is 22.6 Å². The first kappa shape index (κ1) is 9.76. The van der Waals surface area contributed by atoms with Crippen LogP contribution in [-0.4, -0.2) is 0 Å². The number of hydrogen-bond donors (Lipinski definition) is 0. The predicted molar refractivity (Wildman–Crippen MR) is 56.5 cm³/mol. The van der Waals surface area contributed by atoms with Crippen LogP contribution in [0.2, 0.25) is 0 Å². The first-order chi connectivity index (χ1) is 6.59. The fraction of sp³-hybridized carbons (Fsp3) is 0. The van der Waals surface area contributed by atoms with Crippen molar-refractivity contribution in [2.45, 2.75) is 0 Å². The monoisotopic (exact) mass is 308 g/mol. The molecule has 0 atom stereocenters. The quantitative estimate of drug-likeness (QED) is 0.648. The molecule has 0 saturated carbocycles. The second-order valence-corrected chi connectivity index (χ2v) is 4.09. The first-order valence-electron chi connectivity index (χ1n) is 3.82. The summed E-state index contributed by atoms with van der Waals surface area (Å²) in [6, 6.07) is 5.12. The topological polar surface area (TPSA) is 0 Å². The van der Waals surface area contributed by atoms with Gasteiger partial charge in [0.15, 0.2) is 11.6 Å². The molecule has 0 amide bonds. The molecule has 0 aromatic heterocycles. The van der Waals surface area contributed by atoms with E-state index in [9.17, 15) is 13.2 Å². The van der Waals surface area contributed by atoms with E-state index in [0.717, 1.165) is 6.07 Å². The Labute approximate surface area is 91.9 Å². The molecule has 0 radical (unpaired) electrons. The summed E-state index contributed by atoms with van der Waals surface area (Å²) in [4.78, 5) is 0. The van der Waals surface area contributed by atoms with Crippen molar-refractivity contribution in [1.29, 1.82) is 0 Å². The van der Waals surface area contributed by atoms with Crippen LogP contribution in [0.5, 0.6) is 0 Å². The van der Waals surface area contributed by atoms with Gasteiger partial charge in [0, 0.05) is 3.57 Å². The average molecular weight is 308 g/mol. The molecule has 2 aromatic carbocycles. The van der Waals surface area contributed by atoms with Crippen molar-refractivity contribution < 1.29 is 13.2 Å². The third-order valence-electron chi connectivity index (χ3n) is 1.92. The van der Waals surface area contributed by atoms with Gasteiger partial charge < -0.3 is 0 Å². The van der Waals surface area contributed by atoms with E-state index in [2.05, 4.69) is 0 Å². The Morgan fingerprint density at radius 2 is 1.64 bits per heavy atom. The Kier molecular flexibility index (Phi) is 2.38. The van der Waals surface area contributed by atoms with Crippen LogP contribution in [0.15, 0.2) is 24.3 Å². The van der Waals surface area contributed by atoms with Crippen LogP contribution < -0.4 is 0 Å². The normalized spacial score (nSPS) is 10.9. The van der Waals surface area contributed by atoms with Crippen LogP contribution in [0.3, 0.4) is 0 Å². The van der Waals surface area contributed by atoms with Gasteiger partial charge in [0.1, 0.15) is 5.82 Å². The van der Waals surface area contributed by atoms with Gasteiger partial charge >= 0.3 is 0 Å². The summed E-state index contributed by atoms with van der Waals surface area (Å²) in [5.41, 5.74) is 0. The molecule has 2 rings (SSSR count). The first-order valence-corrected chi connectivity index (χ1v) is 4.90. The largest absolute Gasteiger partial charge is 0.206 e. The van der Waals surface area contributed by atoms with Crippen LogP contribution in [0, 0.1) is 21.0 Å². The number of benzene rings is 2. The molecule has 0 heterocycles. The summed E-state index contributed by atoms with van der Waals surface area (Å²) in [7, 11) is 0. The van der Waals surface area contributed by atoms with Crippen LogP contribution in [-0.2, 0) is 0 Å². The maximum absolute atomic E-state index is 13.3. The molecule has 0 unspecified atom stereocenters. The lowest BCUT2D eigenvalue weighted by molar-refractivity contribution is 0.512. The van der Waals surface area contributed by atoms with E-state index < -0.39 is 17.5 Å². The summed E-state index contributed by atoms with van der Waals surface area (Å²) in [5.74, 6) is -2.89. The number of hydrogen-bond acceptors (Lipinski definition) is 0. The molecule has 72 valence electrons. The van der Waals surface area contributed by atoms with Gasteiger partial charge in [0.25, 0.3) is 0 Å². The fourth-order valence-electron chi connectivity index (χ4n) is 1.31. The molecule has 0 fully saturated rings. The molecule has 0 bridgehead atoms. The SMILES string of the molecule is Fc1ccc2cc(I)cc(F)c2c1F. The Morgan fingerprint density at radius 1 is 0.929 bits per heavy atom. The third-order valence-corrected chi connectivity index (χ3v) is 2.55. The molecule has 0 spiro atoms. The predicted octanol–water partition coefficient (Wildman–Crippen LogP) is 3.86. The van der Waals surface area contributed by atoms with E-state index in [-0.39, 0.29) is 5.39 Å². The summed E-state index contributed by atoms with van der Waals surface area (Å²) >= 11 is 1.92. The van der Waals surface area contributed by atoms with Crippen molar-refractivity contribution in [3.05, 3.63) is 45.3 Å². The summed E-state index contributed by atoms with van der Waals surface area (Å²) in [6.45, 7) is 0. The van der Waals surface area contributed by atoms with E-state index in [4.69, 9.17) is 0 Å². The van der Waals surface area contributed by atoms with Gasteiger partial charge in [-0.05, 0) is 46.2 Å². The van der Waals surface area contributed by atoms with E-state index >= 15 is 0 Å². The van der Waals surface area contributed by atoms with Crippen LogP contribution in [0.1, 0.15) is 0 Å².